The van der Waals surface area contributed by atoms with E-state index in [1.807, 2.05) is 6.92 Å². The summed E-state index contributed by atoms with van der Waals surface area (Å²) in [5.74, 6) is -4.49. The second kappa shape index (κ2) is 23.1. The first-order valence-electron chi connectivity index (χ1n) is 20.9. The van der Waals surface area contributed by atoms with Crippen LogP contribution in [-0.2, 0) is 53.0 Å². The van der Waals surface area contributed by atoms with Gasteiger partial charge >= 0.3 is 5.97 Å². The van der Waals surface area contributed by atoms with Gasteiger partial charge in [-0.1, -0.05) is 51.5 Å². The minimum Gasteiger partial charge on any atom is -0.479 e. The summed E-state index contributed by atoms with van der Waals surface area (Å²) in [6.45, 7) is 3.85. The molecule has 4 aliphatic rings. The first kappa shape index (κ1) is 50.0. The average Bonchev–Trinajstić information content (AvgIpc) is 3.19. The number of amides is 2. The Hall–Kier alpha value is -2.67. The lowest BCUT2D eigenvalue weighted by Gasteiger charge is -2.49. The number of carboxylic acids is 1. The van der Waals surface area contributed by atoms with Crippen LogP contribution in [0.3, 0.4) is 0 Å². The lowest BCUT2D eigenvalue weighted by atomic mass is 9.74. The van der Waals surface area contributed by atoms with Crippen LogP contribution in [0.4, 0.5) is 0 Å². The van der Waals surface area contributed by atoms with Crippen LogP contribution in [0.15, 0.2) is 12.2 Å². The van der Waals surface area contributed by atoms with Crippen molar-refractivity contribution in [2.45, 2.75) is 171 Å². The first-order chi connectivity index (χ1) is 28.3. The second-order valence-electron chi connectivity index (χ2n) is 16.4. The number of aliphatic carboxylic acids is 1. The molecule has 4 rings (SSSR count). The van der Waals surface area contributed by atoms with E-state index in [2.05, 4.69) is 10.6 Å². The fourth-order valence-corrected chi connectivity index (χ4v) is 8.98. The molecule has 60 heavy (non-hydrogen) atoms. The Bertz CT molecular complexity index is 1560. The Labute approximate surface area is 350 Å². The molecule has 2 heterocycles. The molecule has 15 atom stereocenters. The zero-order valence-electron chi connectivity index (χ0n) is 34.3. The molecule has 2 aliphatic carbocycles. The quantitative estimate of drug-likeness (QED) is 0.0416. The number of nitrogens with one attached hydrogen (secondary N) is 2. The van der Waals surface area contributed by atoms with Crippen LogP contribution in [0.2, 0.25) is 0 Å². The number of hydrogen-bond donors (Lipinski definition) is 9. The van der Waals surface area contributed by atoms with Gasteiger partial charge in [-0.25, -0.2) is 4.79 Å². The highest BCUT2D eigenvalue weighted by Gasteiger charge is 2.52. The van der Waals surface area contributed by atoms with Crippen LogP contribution in [0.25, 0.3) is 0 Å². The van der Waals surface area contributed by atoms with E-state index in [-0.39, 0.29) is 50.4 Å². The highest BCUT2D eigenvalue weighted by Crippen LogP contribution is 2.40. The fourth-order valence-electron chi connectivity index (χ4n) is 8.64. The summed E-state index contributed by atoms with van der Waals surface area (Å²) in [4.78, 5) is 51.1. The molecule has 2 saturated heterocycles. The molecule has 2 saturated carbocycles. The lowest BCUT2D eigenvalue weighted by molar-refractivity contribution is -0.338. The molecule has 344 valence electrons. The Morgan fingerprint density at radius 3 is 2.23 bits per heavy atom. The van der Waals surface area contributed by atoms with Gasteiger partial charge in [0.15, 0.2) is 18.7 Å². The number of carbonyl (C=O) groups is 4. The molecule has 0 bridgehead atoms. The number of aliphatic hydroxyl groups is 5. The number of rotatable bonds is 20. The van der Waals surface area contributed by atoms with Gasteiger partial charge in [0.1, 0.15) is 48.4 Å². The van der Waals surface area contributed by atoms with Crippen LogP contribution in [0, 0.1) is 17.8 Å². The number of carbonyl (C=O) groups excluding carboxylic acids is 3. The highest BCUT2D eigenvalue weighted by molar-refractivity contribution is 7.85. The molecule has 2 aliphatic heterocycles. The number of ether oxygens (including phenoxy) is 5. The molecule has 0 aromatic rings. The first-order valence-corrected chi connectivity index (χ1v) is 22.5. The number of hydrogen-bond acceptors (Lipinski definition) is 16. The van der Waals surface area contributed by atoms with Crippen molar-refractivity contribution in [2.75, 3.05) is 18.9 Å². The van der Waals surface area contributed by atoms with Crippen LogP contribution < -0.4 is 10.6 Å². The van der Waals surface area contributed by atoms with Crippen LogP contribution >= 0.6 is 0 Å². The summed E-state index contributed by atoms with van der Waals surface area (Å²) in [6, 6.07) is -1.34. The molecule has 0 radical (unpaired) electrons. The van der Waals surface area contributed by atoms with Gasteiger partial charge in [-0.15, -0.1) is 0 Å². The maximum absolute atomic E-state index is 13.8. The molecule has 2 amide bonds. The predicted octanol–water partition coefficient (Wildman–Crippen LogP) is -0.678. The monoisotopic (exact) mass is 880 g/mol. The fraction of sp³-hybridized carbons (Fsp3) is 0.846. The minimum atomic E-state index is -4.29. The third kappa shape index (κ3) is 14.2. The van der Waals surface area contributed by atoms with Gasteiger partial charge in [0.2, 0.25) is 11.8 Å². The van der Waals surface area contributed by atoms with Crippen molar-refractivity contribution in [1.29, 1.82) is 0 Å². The topological polar surface area (TPSA) is 314 Å². The molecule has 20 nitrogen and oxygen atoms in total. The van der Waals surface area contributed by atoms with E-state index < -0.39 is 132 Å². The molecular weight excluding hydrogens is 816 g/mol. The molecule has 0 aromatic carbocycles. The molecule has 0 spiro atoms. The van der Waals surface area contributed by atoms with Crippen molar-refractivity contribution in [2.24, 2.45) is 17.8 Å². The Balaban J connectivity index is 1.60. The smallest absolute Gasteiger partial charge is 0.332 e. The average molecular weight is 881 g/mol. The molecule has 0 aromatic heterocycles. The minimum absolute atomic E-state index is 0.0150. The predicted molar refractivity (Wildman–Crippen MR) is 208 cm³/mol. The lowest BCUT2D eigenvalue weighted by Crippen LogP contribution is -2.67. The summed E-state index contributed by atoms with van der Waals surface area (Å²) >= 11 is 0. The summed E-state index contributed by atoms with van der Waals surface area (Å²) < 4.78 is 61.6. The highest BCUT2D eigenvalue weighted by atomic mass is 32.2. The van der Waals surface area contributed by atoms with Crippen molar-refractivity contribution in [1.82, 2.24) is 10.6 Å². The SMILES string of the molecule is CCC1CC(C(=O)CCCNC(=O)/C=C/CS(=O)(=O)O)C[C@@H](O[C@@H]2OC(CO)[C@H](O)C(O[C@@H](CC3CCCCC3)C(=O)O)C2NC(C)=O)[C@@H]1O[C@@H]1OC(C)[C@@H](O)C(O)[C@@H]1O. The van der Waals surface area contributed by atoms with Crippen LogP contribution in [0.1, 0.15) is 91.4 Å². The van der Waals surface area contributed by atoms with Crippen LogP contribution in [0.5, 0.6) is 0 Å². The Morgan fingerprint density at radius 2 is 1.62 bits per heavy atom. The summed E-state index contributed by atoms with van der Waals surface area (Å²) in [5, 5.41) is 69.0. The molecule has 4 fully saturated rings. The van der Waals surface area contributed by atoms with Gasteiger partial charge in [0, 0.05) is 25.8 Å². The van der Waals surface area contributed by atoms with Crippen molar-refractivity contribution in [3.8, 4) is 0 Å². The number of ketones is 1. The third-order valence-corrected chi connectivity index (χ3v) is 12.5. The van der Waals surface area contributed by atoms with Gasteiger partial charge in [-0.05, 0) is 50.5 Å². The van der Waals surface area contributed by atoms with E-state index in [0.717, 1.165) is 44.3 Å². The van der Waals surface area contributed by atoms with E-state index in [9.17, 15) is 58.2 Å². The van der Waals surface area contributed by atoms with E-state index in [1.165, 1.54) is 13.8 Å². The number of carboxylic acid groups (broad SMARTS) is 1. The number of Topliss-reactive ketones (excluding diaryl/α,β-unsaturated/α-hetero) is 1. The maximum atomic E-state index is 13.8. The normalized spacial score (nSPS) is 36.1. The molecule has 21 heteroatoms. The van der Waals surface area contributed by atoms with Gasteiger partial charge < -0.3 is 65.0 Å². The molecular formula is C39H64N2O18S. The summed E-state index contributed by atoms with van der Waals surface area (Å²) in [6.07, 6.45) is -8.98. The van der Waals surface area contributed by atoms with Crippen molar-refractivity contribution in [3.63, 3.8) is 0 Å². The van der Waals surface area contributed by atoms with Gasteiger partial charge in [0.05, 0.1) is 30.7 Å². The van der Waals surface area contributed by atoms with Crippen LogP contribution in [-0.4, -0.2) is 166 Å². The van der Waals surface area contributed by atoms with E-state index >= 15 is 0 Å². The Kier molecular flexibility index (Phi) is 19.3. The zero-order valence-corrected chi connectivity index (χ0v) is 35.1. The summed E-state index contributed by atoms with van der Waals surface area (Å²) in [7, 11) is -4.29. The number of aliphatic hydroxyl groups excluding tert-OH is 5. The largest absolute Gasteiger partial charge is 0.479 e. The standard InChI is InChI=1S/C39H64N2O18S/c1-4-23-17-24(25(44)12-8-14-40-29(45)13-9-15-60(52,53)54)18-26(35(23)59-39-34(49)33(48)31(46)20(2)55-39)57-38-30(41-21(3)43)36(32(47)28(19-42)58-38)56-27(37(50)51)16-22-10-6-5-7-11-22/h9,13,20,22-24,26-28,30-36,38-39,42,46-49H,4-8,10-12,14-19H2,1-3H3,(H,40,45)(H,41,43)(H,50,51)(H,52,53,54)/b13-9+/t20?,23?,24?,26-,27+,28?,30?,31-,32+,33?,34+,35-,36?,38-,39+/m1/s1. The van der Waals surface area contributed by atoms with Crippen molar-refractivity contribution in [3.05, 3.63) is 12.2 Å². The Morgan fingerprint density at radius 1 is 0.917 bits per heavy atom. The molecule has 9 N–H and O–H groups in total. The molecule has 7 unspecified atom stereocenters. The zero-order chi connectivity index (χ0) is 44.3. The van der Waals surface area contributed by atoms with Crippen molar-refractivity contribution < 1.29 is 86.5 Å². The van der Waals surface area contributed by atoms with E-state index in [1.54, 1.807) is 0 Å². The van der Waals surface area contributed by atoms with E-state index in [0.29, 0.717) is 6.42 Å². The van der Waals surface area contributed by atoms with Gasteiger partial charge in [0.25, 0.3) is 10.1 Å². The second-order valence-corrected chi connectivity index (χ2v) is 17.9. The van der Waals surface area contributed by atoms with Gasteiger partial charge in [-0.2, -0.15) is 8.42 Å². The third-order valence-electron chi connectivity index (χ3n) is 11.9. The van der Waals surface area contributed by atoms with Gasteiger partial charge in [-0.3, -0.25) is 18.9 Å². The maximum Gasteiger partial charge on any atom is 0.332 e. The summed E-state index contributed by atoms with van der Waals surface area (Å²) in [5.41, 5.74) is 0. The van der Waals surface area contributed by atoms with Crippen molar-refractivity contribution >= 4 is 33.7 Å². The van der Waals surface area contributed by atoms with E-state index in [4.69, 9.17) is 28.2 Å².